The molecule has 1 N–H and O–H groups in total. The van der Waals surface area contributed by atoms with Gasteiger partial charge in [-0.2, -0.15) is 0 Å². The number of aromatic hydroxyl groups is 1. The number of nitrogens with zero attached hydrogens (tertiary/aromatic N) is 1. The van der Waals surface area contributed by atoms with Crippen molar-refractivity contribution in [3.05, 3.63) is 29.8 Å². The zero-order chi connectivity index (χ0) is 13.5. The molecule has 1 atom stereocenters. The van der Waals surface area contributed by atoms with E-state index >= 15 is 0 Å². The van der Waals surface area contributed by atoms with Gasteiger partial charge >= 0.3 is 0 Å². The molecule has 100 valence electrons. The second-order valence-electron chi connectivity index (χ2n) is 4.29. The second kappa shape index (κ2) is 7.01. The van der Waals surface area contributed by atoms with Crippen LogP contribution >= 0.6 is 0 Å². The number of methoxy groups -OCH3 is 1. The lowest BCUT2D eigenvalue weighted by atomic mass is 10.1. The van der Waals surface area contributed by atoms with E-state index in [-0.39, 0.29) is 24.1 Å². The van der Waals surface area contributed by atoms with Crippen molar-refractivity contribution >= 4 is 5.91 Å². The summed E-state index contributed by atoms with van der Waals surface area (Å²) in [5, 5.41) is 9.66. The maximum Gasteiger partial charge on any atom is 0.227 e. The van der Waals surface area contributed by atoms with Gasteiger partial charge in [0.1, 0.15) is 5.75 Å². The van der Waals surface area contributed by atoms with Crippen LogP contribution in [0.3, 0.4) is 0 Å². The zero-order valence-corrected chi connectivity index (χ0v) is 11.2. The number of carbonyl (C=O) groups excluding carboxylic acids is 1. The maximum atomic E-state index is 12.2. The molecule has 0 fully saturated rings. The molecule has 1 amide bonds. The van der Waals surface area contributed by atoms with Gasteiger partial charge in [-0.15, -0.1) is 0 Å². The first-order valence-corrected chi connectivity index (χ1v) is 6.15. The van der Waals surface area contributed by atoms with Crippen molar-refractivity contribution in [2.75, 3.05) is 20.3 Å². The van der Waals surface area contributed by atoms with Crippen LogP contribution in [0.2, 0.25) is 0 Å². The third-order valence-electron chi connectivity index (χ3n) is 2.93. The highest BCUT2D eigenvalue weighted by molar-refractivity contribution is 5.79. The SMILES string of the molecule is CCN(C(=O)Cc1ccccc1O)C(C)COC. The maximum absolute atomic E-state index is 12.2. The van der Waals surface area contributed by atoms with Gasteiger partial charge in [0.05, 0.1) is 19.1 Å². The van der Waals surface area contributed by atoms with E-state index in [0.29, 0.717) is 18.7 Å². The summed E-state index contributed by atoms with van der Waals surface area (Å²) in [6, 6.07) is 6.96. The lowest BCUT2D eigenvalue weighted by molar-refractivity contribution is -0.133. The van der Waals surface area contributed by atoms with Crippen LogP contribution in [-0.2, 0) is 16.0 Å². The molecule has 0 aliphatic heterocycles. The molecule has 4 heteroatoms. The molecule has 1 aromatic rings. The molecule has 4 nitrogen and oxygen atoms in total. The van der Waals surface area contributed by atoms with Crippen molar-refractivity contribution in [2.24, 2.45) is 0 Å². The van der Waals surface area contributed by atoms with E-state index < -0.39 is 0 Å². The summed E-state index contributed by atoms with van der Waals surface area (Å²) in [5.74, 6) is 0.171. The average Bonchev–Trinajstić information content (AvgIpc) is 2.33. The molecule has 0 heterocycles. The lowest BCUT2D eigenvalue weighted by Gasteiger charge is -2.27. The highest BCUT2D eigenvalue weighted by Gasteiger charge is 2.19. The molecule has 18 heavy (non-hydrogen) atoms. The highest BCUT2D eigenvalue weighted by atomic mass is 16.5. The first-order chi connectivity index (χ1) is 8.60. The fourth-order valence-corrected chi connectivity index (χ4v) is 1.99. The van der Waals surface area contributed by atoms with Crippen LogP contribution < -0.4 is 0 Å². The molecule has 0 spiro atoms. The Morgan fingerprint density at radius 3 is 2.67 bits per heavy atom. The number of hydrogen-bond donors (Lipinski definition) is 1. The first-order valence-electron chi connectivity index (χ1n) is 6.15. The number of likely N-dealkylation sites (N-methyl/N-ethyl adjacent to an activating group) is 1. The Morgan fingerprint density at radius 2 is 2.11 bits per heavy atom. The van der Waals surface area contributed by atoms with Gasteiger partial charge in [0.25, 0.3) is 0 Å². The smallest absolute Gasteiger partial charge is 0.227 e. The summed E-state index contributed by atoms with van der Waals surface area (Å²) in [5.41, 5.74) is 0.658. The highest BCUT2D eigenvalue weighted by Crippen LogP contribution is 2.17. The van der Waals surface area contributed by atoms with Crippen LogP contribution in [0, 0.1) is 0 Å². The van der Waals surface area contributed by atoms with Gasteiger partial charge in [0.2, 0.25) is 5.91 Å². The average molecular weight is 251 g/mol. The number of benzene rings is 1. The minimum atomic E-state index is 0.00329. The predicted molar refractivity (Wildman–Crippen MR) is 70.5 cm³/mol. The Morgan fingerprint density at radius 1 is 1.44 bits per heavy atom. The van der Waals surface area contributed by atoms with E-state index in [1.54, 1.807) is 30.2 Å². The molecule has 0 saturated heterocycles. The van der Waals surface area contributed by atoms with Crippen LogP contribution in [0.5, 0.6) is 5.75 Å². The number of phenolic OH excluding ortho intramolecular Hbond substituents is 1. The molecular formula is C14H21NO3. The number of ether oxygens (including phenoxy) is 1. The molecule has 0 aromatic heterocycles. The van der Waals surface area contributed by atoms with Crippen molar-refractivity contribution in [1.29, 1.82) is 0 Å². The molecule has 0 aliphatic rings. The van der Waals surface area contributed by atoms with Crippen molar-refractivity contribution in [3.63, 3.8) is 0 Å². The Balaban J connectivity index is 2.71. The normalized spacial score (nSPS) is 12.2. The fourth-order valence-electron chi connectivity index (χ4n) is 1.99. The summed E-state index contributed by atoms with van der Waals surface area (Å²) < 4.78 is 5.07. The fraction of sp³-hybridized carbons (Fsp3) is 0.500. The Kier molecular flexibility index (Phi) is 5.65. The van der Waals surface area contributed by atoms with Crippen molar-refractivity contribution in [2.45, 2.75) is 26.3 Å². The van der Waals surface area contributed by atoms with E-state index in [1.807, 2.05) is 19.9 Å². The van der Waals surface area contributed by atoms with Crippen LogP contribution in [0.4, 0.5) is 0 Å². The van der Waals surface area contributed by atoms with Crippen LogP contribution in [0.25, 0.3) is 0 Å². The number of hydrogen-bond acceptors (Lipinski definition) is 3. The van der Waals surface area contributed by atoms with Gasteiger partial charge in [-0.1, -0.05) is 18.2 Å². The second-order valence-corrected chi connectivity index (χ2v) is 4.29. The van der Waals surface area contributed by atoms with Gasteiger partial charge < -0.3 is 14.7 Å². The van der Waals surface area contributed by atoms with Gasteiger partial charge in [0.15, 0.2) is 0 Å². The molecule has 0 saturated carbocycles. The Hall–Kier alpha value is -1.55. The number of phenols is 1. The van der Waals surface area contributed by atoms with Crippen molar-refractivity contribution < 1.29 is 14.6 Å². The van der Waals surface area contributed by atoms with Gasteiger partial charge in [-0.25, -0.2) is 0 Å². The Bertz CT molecular complexity index is 392. The number of carbonyl (C=O) groups is 1. The minimum Gasteiger partial charge on any atom is -0.508 e. The van der Waals surface area contributed by atoms with Crippen LogP contribution in [-0.4, -0.2) is 42.2 Å². The lowest BCUT2D eigenvalue weighted by Crippen LogP contribution is -2.41. The third-order valence-corrected chi connectivity index (χ3v) is 2.93. The molecule has 0 bridgehead atoms. The number of amides is 1. The third kappa shape index (κ3) is 3.74. The first kappa shape index (κ1) is 14.5. The largest absolute Gasteiger partial charge is 0.508 e. The van der Waals surface area contributed by atoms with Crippen molar-refractivity contribution in [3.8, 4) is 5.75 Å². The predicted octanol–water partition coefficient (Wildman–Crippen LogP) is 1.82. The van der Waals surface area contributed by atoms with E-state index in [0.717, 1.165) is 0 Å². The van der Waals surface area contributed by atoms with Gasteiger partial charge in [0, 0.05) is 19.2 Å². The summed E-state index contributed by atoms with van der Waals surface area (Å²) in [7, 11) is 1.62. The number of rotatable bonds is 6. The van der Waals surface area contributed by atoms with E-state index in [4.69, 9.17) is 4.74 Å². The number of para-hydroxylation sites is 1. The van der Waals surface area contributed by atoms with Crippen molar-refractivity contribution in [1.82, 2.24) is 4.90 Å². The van der Waals surface area contributed by atoms with E-state index in [1.165, 1.54) is 0 Å². The van der Waals surface area contributed by atoms with Gasteiger partial charge in [-0.3, -0.25) is 4.79 Å². The van der Waals surface area contributed by atoms with Crippen LogP contribution in [0.1, 0.15) is 19.4 Å². The summed E-state index contributed by atoms with van der Waals surface area (Å²) in [6.07, 6.45) is 0.217. The zero-order valence-electron chi connectivity index (χ0n) is 11.2. The molecule has 0 radical (unpaired) electrons. The topological polar surface area (TPSA) is 49.8 Å². The van der Waals surface area contributed by atoms with E-state index in [9.17, 15) is 9.90 Å². The molecule has 1 aromatic carbocycles. The molecule has 0 aliphatic carbocycles. The summed E-state index contributed by atoms with van der Waals surface area (Å²) in [4.78, 5) is 13.9. The monoisotopic (exact) mass is 251 g/mol. The molecule has 1 unspecified atom stereocenters. The van der Waals surface area contributed by atoms with Gasteiger partial charge in [-0.05, 0) is 19.9 Å². The van der Waals surface area contributed by atoms with E-state index in [2.05, 4.69) is 0 Å². The molecule has 1 rings (SSSR count). The minimum absolute atomic E-state index is 0.00329. The summed E-state index contributed by atoms with van der Waals surface area (Å²) >= 11 is 0. The Labute approximate surface area is 108 Å². The molecular weight excluding hydrogens is 230 g/mol. The van der Waals surface area contributed by atoms with Crippen LogP contribution in [0.15, 0.2) is 24.3 Å². The summed E-state index contributed by atoms with van der Waals surface area (Å²) in [6.45, 7) is 5.04. The quantitative estimate of drug-likeness (QED) is 0.839. The standard InChI is InChI=1S/C14H21NO3/c1-4-15(11(2)10-18-3)14(17)9-12-7-5-6-8-13(12)16/h5-8,11,16H,4,9-10H2,1-3H3.